The quantitative estimate of drug-likeness (QED) is 0.447. The lowest BCUT2D eigenvalue weighted by Crippen LogP contribution is -2.47. The summed E-state index contributed by atoms with van der Waals surface area (Å²) in [6.45, 7) is 5.26. The van der Waals surface area contributed by atoms with Crippen LogP contribution in [0.3, 0.4) is 0 Å². The second kappa shape index (κ2) is 10.3. The lowest BCUT2D eigenvalue weighted by atomic mass is 9.61. The van der Waals surface area contributed by atoms with Gasteiger partial charge in [-0.05, 0) is 81.5 Å². The monoisotopic (exact) mass is 487 g/mol. The summed E-state index contributed by atoms with van der Waals surface area (Å²) in [5.41, 5.74) is -0.495. The first kappa shape index (κ1) is 27.2. The zero-order valence-corrected chi connectivity index (χ0v) is 20.5. The maximum Gasteiger partial charge on any atom is 0.417 e. The molecule has 0 aromatic carbocycles. The highest BCUT2D eigenvalue weighted by atomic mass is 19.4. The minimum atomic E-state index is -4.85. The van der Waals surface area contributed by atoms with Gasteiger partial charge >= 0.3 is 6.18 Å². The topological polar surface area (TPSA) is 89.8 Å². The van der Waals surface area contributed by atoms with Crippen molar-refractivity contribution < 1.29 is 33.3 Å². The second-order valence-electron chi connectivity index (χ2n) is 11.3. The molecule has 0 bridgehead atoms. The molecule has 0 aromatic rings. The Morgan fingerprint density at radius 3 is 2.47 bits per heavy atom. The van der Waals surface area contributed by atoms with Crippen LogP contribution >= 0.6 is 0 Å². The molecule has 0 aromatic heterocycles. The molecule has 1 amide bonds. The van der Waals surface area contributed by atoms with Crippen LogP contribution in [-0.2, 0) is 4.79 Å². The Kier molecular flexibility index (Phi) is 8.25. The van der Waals surface area contributed by atoms with E-state index in [1.54, 1.807) is 0 Å². The van der Waals surface area contributed by atoms with Crippen LogP contribution in [0.2, 0.25) is 0 Å². The molecule has 3 aliphatic carbocycles. The van der Waals surface area contributed by atoms with Gasteiger partial charge in [0, 0.05) is 6.54 Å². The van der Waals surface area contributed by atoms with Crippen LogP contribution in [0, 0.1) is 23.2 Å². The molecular weight excluding hydrogens is 447 g/mol. The molecule has 3 rings (SSSR count). The van der Waals surface area contributed by atoms with Gasteiger partial charge in [-0.3, -0.25) is 4.79 Å². The number of aliphatic hydroxyl groups is 3. The third kappa shape index (κ3) is 6.05. The Morgan fingerprint density at radius 2 is 1.85 bits per heavy atom. The minimum absolute atomic E-state index is 0.0653. The van der Waals surface area contributed by atoms with Crippen molar-refractivity contribution in [3.8, 4) is 0 Å². The van der Waals surface area contributed by atoms with Gasteiger partial charge in [-0.15, -0.1) is 0 Å². The number of fused-ring (bicyclic) bond motifs is 1. The zero-order valence-electron chi connectivity index (χ0n) is 20.5. The van der Waals surface area contributed by atoms with E-state index in [9.17, 15) is 33.3 Å². The van der Waals surface area contributed by atoms with E-state index >= 15 is 0 Å². The largest absolute Gasteiger partial charge is 0.417 e. The molecule has 0 heterocycles. The number of hydrogen-bond donors (Lipinski definition) is 4. The summed E-state index contributed by atoms with van der Waals surface area (Å²) in [6.07, 6.45) is 4.29. The Bertz CT molecular complexity index is 794. The number of halogens is 3. The number of carbonyl (C=O) groups excluding carboxylic acids is 1. The second-order valence-corrected chi connectivity index (χ2v) is 11.3. The fraction of sp³-hybridized carbons (Fsp3) is 0.808. The van der Waals surface area contributed by atoms with Gasteiger partial charge in [0.2, 0.25) is 5.91 Å². The van der Waals surface area contributed by atoms with E-state index < -0.39 is 36.3 Å². The molecular formula is C26H40F3NO4. The fourth-order valence-electron chi connectivity index (χ4n) is 6.64. The summed E-state index contributed by atoms with van der Waals surface area (Å²) in [6, 6.07) is 0. The number of amides is 1. The van der Waals surface area contributed by atoms with Crippen molar-refractivity contribution in [1.82, 2.24) is 5.32 Å². The standard InChI is InChI=1S/C26H40F3NO4/c1-16(15-30-23(33)14-25(3,34)26(27,28)29)21-8-9-22-18(5-4-10-24(21,22)2)7-6-17-11-19(31)13-20(32)12-17/h6-7,16,19-22,31-32,34H,4-5,8-15H2,1-3H3,(H,30,33)/t16-,19-,20-,21-,22?,24-,25-/m1/s1. The molecule has 1 unspecified atom stereocenters. The number of rotatable bonds is 6. The van der Waals surface area contributed by atoms with Crippen molar-refractivity contribution in [1.29, 1.82) is 0 Å². The van der Waals surface area contributed by atoms with Crippen LogP contribution in [0.15, 0.2) is 23.3 Å². The maximum absolute atomic E-state index is 12.9. The molecule has 8 heteroatoms. The van der Waals surface area contributed by atoms with Crippen LogP contribution in [0.4, 0.5) is 13.2 Å². The Labute approximate surface area is 200 Å². The van der Waals surface area contributed by atoms with E-state index in [0.717, 1.165) is 37.7 Å². The number of allylic oxidation sites excluding steroid dienone is 3. The maximum atomic E-state index is 12.9. The molecule has 0 saturated heterocycles. The molecule has 0 spiro atoms. The lowest BCUT2D eigenvalue weighted by Gasteiger charge is -2.44. The van der Waals surface area contributed by atoms with Gasteiger partial charge in [0.25, 0.3) is 0 Å². The van der Waals surface area contributed by atoms with E-state index in [0.29, 0.717) is 44.6 Å². The van der Waals surface area contributed by atoms with E-state index in [1.165, 1.54) is 5.57 Å². The fourth-order valence-corrected chi connectivity index (χ4v) is 6.64. The van der Waals surface area contributed by atoms with Crippen LogP contribution in [-0.4, -0.2) is 51.8 Å². The highest BCUT2D eigenvalue weighted by Crippen LogP contribution is 2.59. The number of nitrogens with one attached hydrogen (secondary N) is 1. The smallest absolute Gasteiger partial charge is 0.393 e. The average Bonchev–Trinajstić information content (AvgIpc) is 3.06. The van der Waals surface area contributed by atoms with Gasteiger partial charge in [0.1, 0.15) is 0 Å². The molecule has 34 heavy (non-hydrogen) atoms. The Balaban J connectivity index is 1.62. The van der Waals surface area contributed by atoms with Crippen molar-refractivity contribution in [2.24, 2.45) is 23.2 Å². The summed E-state index contributed by atoms with van der Waals surface area (Å²) >= 11 is 0. The van der Waals surface area contributed by atoms with Gasteiger partial charge in [0.05, 0.1) is 18.6 Å². The highest BCUT2D eigenvalue weighted by Gasteiger charge is 2.52. The van der Waals surface area contributed by atoms with Gasteiger partial charge < -0.3 is 20.6 Å². The van der Waals surface area contributed by atoms with Gasteiger partial charge in [-0.2, -0.15) is 13.2 Å². The van der Waals surface area contributed by atoms with E-state index in [4.69, 9.17) is 0 Å². The molecule has 3 fully saturated rings. The third-order valence-corrected chi connectivity index (χ3v) is 8.53. The Hall–Kier alpha value is -1.38. The SMILES string of the molecule is C[C@H](CNC(=O)C[C@@](C)(O)C(F)(F)F)[C@H]1CCC2C(=CC=C3C[C@@H](O)C[C@H](O)C3)CCC[C@@]21C. The molecule has 0 aliphatic heterocycles. The number of alkyl halides is 3. The normalized spacial score (nSPS) is 36.0. The summed E-state index contributed by atoms with van der Waals surface area (Å²) in [4.78, 5) is 12.1. The van der Waals surface area contributed by atoms with Crippen LogP contribution < -0.4 is 5.32 Å². The van der Waals surface area contributed by atoms with E-state index in [-0.39, 0.29) is 11.3 Å². The van der Waals surface area contributed by atoms with Crippen LogP contribution in [0.5, 0.6) is 0 Å². The van der Waals surface area contributed by atoms with Crippen molar-refractivity contribution in [2.75, 3.05) is 6.54 Å². The van der Waals surface area contributed by atoms with Gasteiger partial charge in [-0.1, -0.05) is 37.1 Å². The molecule has 4 N–H and O–H groups in total. The minimum Gasteiger partial charge on any atom is -0.393 e. The van der Waals surface area contributed by atoms with Crippen molar-refractivity contribution in [2.45, 2.75) is 103 Å². The van der Waals surface area contributed by atoms with Crippen molar-refractivity contribution in [3.63, 3.8) is 0 Å². The van der Waals surface area contributed by atoms with E-state index in [1.807, 2.05) is 6.92 Å². The molecule has 3 saturated carbocycles. The molecule has 5 nitrogen and oxygen atoms in total. The highest BCUT2D eigenvalue weighted by molar-refractivity contribution is 5.77. The summed E-state index contributed by atoms with van der Waals surface area (Å²) in [7, 11) is 0. The van der Waals surface area contributed by atoms with Gasteiger partial charge in [-0.25, -0.2) is 0 Å². The molecule has 0 radical (unpaired) electrons. The molecule has 7 atom stereocenters. The van der Waals surface area contributed by atoms with E-state index in [2.05, 4.69) is 24.4 Å². The predicted molar refractivity (Wildman–Crippen MR) is 124 cm³/mol. The van der Waals surface area contributed by atoms with Crippen molar-refractivity contribution >= 4 is 5.91 Å². The summed E-state index contributed by atoms with van der Waals surface area (Å²) in [5, 5.41) is 32.1. The molecule has 194 valence electrons. The predicted octanol–water partition coefficient (Wildman–Crippen LogP) is 4.42. The lowest BCUT2D eigenvalue weighted by molar-refractivity contribution is -0.253. The Morgan fingerprint density at radius 1 is 1.21 bits per heavy atom. The first-order valence-electron chi connectivity index (χ1n) is 12.5. The first-order valence-corrected chi connectivity index (χ1v) is 12.5. The van der Waals surface area contributed by atoms with Crippen molar-refractivity contribution in [3.05, 3.63) is 23.3 Å². The first-order chi connectivity index (χ1) is 15.7. The van der Waals surface area contributed by atoms with Gasteiger partial charge in [0.15, 0.2) is 5.60 Å². The average molecular weight is 488 g/mol. The number of aliphatic hydroxyl groups excluding tert-OH is 2. The summed E-state index contributed by atoms with van der Waals surface area (Å²) < 4.78 is 38.6. The number of hydrogen-bond acceptors (Lipinski definition) is 4. The zero-order chi connectivity index (χ0) is 25.3. The molecule has 3 aliphatic rings. The number of carbonyl (C=O) groups is 1. The third-order valence-electron chi connectivity index (χ3n) is 8.53. The van der Waals surface area contributed by atoms with Crippen LogP contribution in [0.1, 0.15) is 78.6 Å². The van der Waals surface area contributed by atoms with Crippen LogP contribution in [0.25, 0.3) is 0 Å². The summed E-state index contributed by atoms with van der Waals surface area (Å²) in [5.74, 6) is 0.0824.